The predicted molar refractivity (Wildman–Crippen MR) is 108 cm³/mol. The third-order valence-electron chi connectivity index (χ3n) is 5.67. The van der Waals surface area contributed by atoms with Gasteiger partial charge in [0.2, 0.25) is 5.91 Å². The fourth-order valence-corrected chi connectivity index (χ4v) is 3.96. The molecule has 0 N–H and O–H groups in total. The summed E-state index contributed by atoms with van der Waals surface area (Å²) in [6.07, 6.45) is 0.582. The maximum absolute atomic E-state index is 12.7. The Morgan fingerprint density at radius 1 is 1.17 bits per heavy atom. The SMILES string of the molecule is COc1cccc(OC2CO[C@H]3CN(C(=O)CCc4c(C)noc4C)C[C@@H]3OC2)c1. The average Bonchev–Trinajstić information content (AvgIpc) is 3.25. The van der Waals surface area contributed by atoms with Gasteiger partial charge in [0.15, 0.2) is 0 Å². The monoisotopic (exact) mass is 416 g/mol. The standard InChI is InChI=1S/C22H28N2O6/c1-14-19(15(2)30-23-14)7-8-22(25)24-10-20-21(11-24)28-13-18(12-27-20)29-17-6-4-5-16(9-17)26-3/h4-6,9,18,20-21H,7-8,10-13H2,1-3H3/t20-,21-/m0/s1. The van der Waals surface area contributed by atoms with Gasteiger partial charge in [-0.25, -0.2) is 0 Å². The molecule has 2 fully saturated rings. The van der Waals surface area contributed by atoms with E-state index in [1.54, 1.807) is 7.11 Å². The Balaban J connectivity index is 1.27. The molecule has 162 valence electrons. The zero-order valence-electron chi connectivity index (χ0n) is 17.6. The summed E-state index contributed by atoms with van der Waals surface area (Å²) in [5.74, 6) is 2.33. The lowest BCUT2D eigenvalue weighted by Gasteiger charge is -2.20. The molecular weight excluding hydrogens is 388 g/mol. The molecule has 2 saturated heterocycles. The Morgan fingerprint density at radius 3 is 2.50 bits per heavy atom. The molecule has 8 heteroatoms. The second-order valence-corrected chi connectivity index (χ2v) is 7.76. The van der Waals surface area contributed by atoms with Crippen LogP contribution in [-0.2, 0) is 20.7 Å². The van der Waals surface area contributed by atoms with Crippen molar-refractivity contribution in [3.8, 4) is 11.5 Å². The molecule has 0 bridgehead atoms. The normalized spacial score (nSPS) is 21.9. The van der Waals surface area contributed by atoms with Crippen molar-refractivity contribution in [2.45, 2.75) is 45.0 Å². The number of carbonyl (C=O) groups excluding carboxylic acids is 1. The van der Waals surface area contributed by atoms with E-state index in [0.29, 0.717) is 39.1 Å². The molecule has 30 heavy (non-hydrogen) atoms. The number of hydrogen-bond donors (Lipinski definition) is 0. The third kappa shape index (κ3) is 4.60. The Bertz CT molecular complexity index is 847. The van der Waals surface area contributed by atoms with Gasteiger partial charge in [-0.05, 0) is 32.4 Å². The lowest BCUT2D eigenvalue weighted by molar-refractivity contribution is -0.131. The lowest BCUT2D eigenvalue weighted by Crippen LogP contribution is -2.33. The highest BCUT2D eigenvalue weighted by molar-refractivity contribution is 5.77. The van der Waals surface area contributed by atoms with Crippen LogP contribution in [0.15, 0.2) is 28.8 Å². The second-order valence-electron chi connectivity index (χ2n) is 7.76. The summed E-state index contributed by atoms with van der Waals surface area (Å²) in [7, 11) is 1.62. The molecule has 1 amide bonds. The number of rotatable bonds is 6. The Labute approximate surface area is 176 Å². The molecule has 0 aliphatic carbocycles. The molecule has 0 saturated carbocycles. The highest BCUT2D eigenvalue weighted by atomic mass is 16.6. The van der Waals surface area contributed by atoms with Crippen LogP contribution in [0.2, 0.25) is 0 Å². The first kappa shape index (κ1) is 20.7. The number of carbonyl (C=O) groups is 1. The van der Waals surface area contributed by atoms with Crippen LogP contribution in [0.4, 0.5) is 0 Å². The fraction of sp³-hybridized carbons (Fsp3) is 0.545. The van der Waals surface area contributed by atoms with Gasteiger partial charge in [0.25, 0.3) is 0 Å². The lowest BCUT2D eigenvalue weighted by atomic mass is 10.1. The van der Waals surface area contributed by atoms with E-state index < -0.39 is 0 Å². The van der Waals surface area contributed by atoms with Gasteiger partial charge in [-0.2, -0.15) is 0 Å². The number of methoxy groups -OCH3 is 1. The molecule has 2 atom stereocenters. The molecule has 0 unspecified atom stereocenters. The molecule has 0 spiro atoms. The summed E-state index contributed by atoms with van der Waals surface area (Å²) in [6.45, 7) is 5.68. The molecule has 1 aromatic carbocycles. The first-order chi connectivity index (χ1) is 14.5. The van der Waals surface area contributed by atoms with Crippen LogP contribution in [0.25, 0.3) is 0 Å². The van der Waals surface area contributed by atoms with Gasteiger partial charge >= 0.3 is 0 Å². The minimum atomic E-state index is -0.202. The topological polar surface area (TPSA) is 83.3 Å². The van der Waals surface area contributed by atoms with Gasteiger partial charge < -0.3 is 28.4 Å². The minimum absolute atomic E-state index is 0.0967. The molecule has 4 rings (SSSR count). The van der Waals surface area contributed by atoms with Crippen molar-refractivity contribution in [1.82, 2.24) is 10.1 Å². The van der Waals surface area contributed by atoms with Crippen molar-refractivity contribution in [3.05, 3.63) is 41.3 Å². The number of aryl methyl sites for hydroxylation is 2. The summed E-state index contributed by atoms with van der Waals surface area (Å²) in [6, 6.07) is 7.47. The van der Waals surface area contributed by atoms with Gasteiger partial charge in [-0.15, -0.1) is 0 Å². The maximum Gasteiger partial charge on any atom is 0.223 e. The number of ether oxygens (including phenoxy) is 4. The van der Waals surface area contributed by atoms with Crippen molar-refractivity contribution in [2.75, 3.05) is 33.4 Å². The fourth-order valence-electron chi connectivity index (χ4n) is 3.96. The predicted octanol–water partition coefficient (Wildman–Crippen LogP) is 2.31. The van der Waals surface area contributed by atoms with Crippen LogP contribution in [0.1, 0.15) is 23.4 Å². The van der Waals surface area contributed by atoms with Crippen molar-refractivity contribution in [2.24, 2.45) is 0 Å². The first-order valence-corrected chi connectivity index (χ1v) is 10.3. The molecule has 0 radical (unpaired) electrons. The average molecular weight is 416 g/mol. The summed E-state index contributed by atoms with van der Waals surface area (Å²) in [4.78, 5) is 14.5. The molecule has 3 heterocycles. The summed E-state index contributed by atoms with van der Waals surface area (Å²) in [5.41, 5.74) is 1.86. The first-order valence-electron chi connectivity index (χ1n) is 10.3. The van der Waals surface area contributed by atoms with Crippen molar-refractivity contribution in [1.29, 1.82) is 0 Å². The summed E-state index contributed by atoms with van der Waals surface area (Å²) in [5, 5.41) is 3.95. The van der Waals surface area contributed by atoms with Crippen LogP contribution in [0.3, 0.4) is 0 Å². The van der Waals surface area contributed by atoms with E-state index in [0.717, 1.165) is 28.5 Å². The zero-order valence-corrected chi connectivity index (χ0v) is 17.6. The van der Waals surface area contributed by atoms with Gasteiger partial charge in [0.1, 0.15) is 35.6 Å². The summed E-state index contributed by atoms with van der Waals surface area (Å²) < 4.78 is 28.5. The van der Waals surface area contributed by atoms with Crippen LogP contribution < -0.4 is 9.47 Å². The van der Waals surface area contributed by atoms with Gasteiger partial charge in [-0.1, -0.05) is 11.2 Å². The van der Waals surface area contributed by atoms with Crippen molar-refractivity contribution in [3.63, 3.8) is 0 Å². The number of amides is 1. The van der Waals surface area contributed by atoms with Gasteiger partial charge in [0, 0.05) is 31.1 Å². The quantitative estimate of drug-likeness (QED) is 0.715. The molecule has 8 nitrogen and oxygen atoms in total. The number of benzene rings is 1. The maximum atomic E-state index is 12.7. The van der Waals surface area contributed by atoms with E-state index in [4.69, 9.17) is 23.5 Å². The van der Waals surface area contributed by atoms with E-state index in [-0.39, 0.29) is 24.2 Å². The Kier molecular flexibility index (Phi) is 6.24. The molecule has 2 aromatic rings. The highest BCUT2D eigenvalue weighted by Gasteiger charge is 2.39. The molecule has 1 aromatic heterocycles. The number of fused-ring (bicyclic) bond motifs is 1. The largest absolute Gasteiger partial charge is 0.497 e. The Hall–Kier alpha value is -2.58. The van der Waals surface area contributed by atoms with Crippen LogP contribution in [0, 0.1) is 13.8 Å². The van der Waals surface area contributed by atoms with Gasteiger partial charge in [0.05, 0.1) is 26.0 Å². The van der Waals surface area contributed by atoms with E-state index in [9.17, 15) is 4.79 Å². The molecule has 2 aliphatic heterocycles. The Morgan fingerprint density at radius 2 is 1.87 bits per heavy atom. The van der Waals surface area contributed by atoms with E-state index in [2.05, 4.69) is 5.16 Å². The number of nitrogens with zero attached hydrogens (tertiary/aromatic N) is 2. The van der Waals surface area contributed by atoms with Crippen LogP contribution >= 0.6 is 0 Å². The van der Waals surface area contributed by atoms with E-state index >= 15 is 0 Å². The number of likely N-dealkylation sites (tertiary alicyclic amines) is 1. The summed E-state index contributed by atoms with van der Waals surface area (Å²) >= 11 is 0. The highest BCUT2D eigenvalue weighted by Crippen LogP contribution is 2.25. The van der Waals surface area contributed by atoms with E-state index in [1.807, 2.05) is 43.0 Å². The molecule has 2 aliphatic rings. The van der Waals surface area contributed by atoms with E-state index in [1.165, 1.54) is 0 Å². The van der Waals surface area contributed by atoms with Crippen molar-refractivity contribution < 1.29 is 28.3 Å². The van der Waals surface area contributed by atoms with Crippen molar-refractivity contribution >= 4 is 5.91 Å². The van der Waals surface area contributed by atoms with Gasteiger partial charge in [-0.3, -0.25) is 4.79 Å². The third-order valence-corrected chi connectivity index (χ3v) is 5.67. The zero-order chi connectivity index (χ0) is 21.1. The van der Waals surface area contributed by atoms with Crippen LogP contribution in [0.5, 0.6) is 11.5 Å². The van der Waals surface area contributed by atoms with Crippen LogP contribution in [-0.4, -0.2) is 67.7 Å². The molecular formula is C22H28N2O6. The number of aromatic nitrogens is 1. The minimum Gasteiger partial charge on any atom is -0.497 e. The number of hydrogen-bond acceptors (Lipinski definition) is 7. The second kappa shape index (κ2) is 9.06. The smallest absolute Gasteiger partial charge is 0.223 e.